The fourth-order valence-electron chi connectivity index (χ4n) is 2.52. The van der Waals surface area contributed by atoms with Gasteiger partial charge in [-0.05, 0) is 18.9 Å². The third kappa shape index (κ3) is 5.33. The van der Waals surface area contributed by atoms with E-state index in [4.69, 9.17) is 4.99 Å². The Balaban J connectivity index is 2.08. The van der Waals surface area contributed by atoms with Gasteiger partial charge in [-0.15, -0.1) is 0 Å². The van der Waals surface area contributed by atoms with E-state index in [1.165, 1.54) is 0 Å². The van der Waals surface area contributed by atoms with Crippen molar-refractivity contribution in [2.24, 2.45) is 10.4 Å². The highest BCUT2D eigenvalue weighted by Gasteiger charge is 2.21. The lowest BCUT2D eigenvalue weighted by Gasteiger charge is -2.26. The maximum Gasteiger partial charge on any atom is 0.194 e. The van der Waals surface area contributed by atoms with Crippen LogP contribution in [0.15, 0.2) is 41.5 Å². The zero-order valence-corrected chi connectivity index (χ0v) is 16.3. The number of H-pyrrole nitrogens is 1. The van der Waals surface area contributed by atoms with Crippen LogP contribution in [-0.2, 0) is 6.54 Å². The van der Waals surface area contributed by atoms with Crippen LogP contribution >= 0.6 is 0 Å². The van der Waals surface area contributed by atoms with Gasteiger partial charge in [-0.25, -0.2) is 4.98 Å². The predicted molar refractivity (Wildman–Crippen MR) is 107 cm³/mol. The monoisotopic (exact) mass is 357 g/mol. The molecule has 0 aliphatic heterocycles. The first-order chi connectivity index (χ1) is 12.5. The number of nitrogens with zero attached hydrogens (tertiary/aromatic N) is 3. The lowest BCUT2D eigenvalue weighted by atomic mass is 9.89. The molecule has 0 bridgehead atoms. The van der Waals surface area contributed by atoms with Gasteiger partial charge in [-0.1, -0.05) is 44.2 Å². The van der Waals surface area contributed by atoms with Crippen molar-refractivity contribution < 1.29 is 5.11 Å². The molecule has 142 valence electrons. The van der Waals surface area contributed by atoms with Crippen molar-refractivity contribution in [1.29, 1.82) is 0 Å². The summed E-state index contributed by atoms with van der Waals surface area (Å²) in [5.74, 6) is 1.70. The van der Waals surface area contributed by atoms with Crippen molar-refractivity contribution in [3.63, 3.8) is 0 Å². The Kier molecular flexibility index (Phi) is 7.21. The summed E-state index contributed by atoms with van der Waals surface area (Å²) >= 11 is 0. The largest absolute Gasteiger partial charge is 0.396 e. The van der Waals surface area contributed by atoms with Crippen LogP contribution < -0.4 is 5.32 Å². The molecule has 26 heavy (non-hydrogen) atoms. The first kappa shape index (κ1) is 20.0. The Bertz CT molecular complexity index is 691. The summed E-state index contributed by atoms with van der Waals surface area (Å²) in [6.45, 7) is 8.32. The second-order valence-corrected chi connectivity index (χ2v) is 6.96. The summed E-state index contributed by atoms with van der Waals surface area (Å²) in [7, 11) is 1.99. The number of nitrogens with one attached hydrogen (secondary N) is 2. The quantitative estimate of drug-likeness (QED) is 0.501. The maximum absolute atomic E-state index is 9.59. The van der Waals surface area contributed by atoms with Crippen LogP contribution in [0.3, 0.4) is 0 Å². The molecular weight excluding hydrogens is 326 g/mol. The SMILES string of the molecule is CCNC(=NCC(C)(CC)CO)N(C)Cc1ncc(-c2ccccc2)[nH]1. The summed E-state index contributed by atoms with van der Waals surface area (Å²) in [6.07, 6.45) is 2.75. The fraction of sp³-hybridized carbons (Fsp3) is 0.500. The minimum atomic E-state index is -0.188. The van der Waals surface area contributed by atoms with E-state index in [1.807, 2.05) is 36.3 Å². The number of hydrogen-bond acceptors (Lipinski definition) is 3. The lowest BCUT2D eigenvalue weighted by molar-refractivity contribution is 0.145. The fourth-order valence-corrected chi connectivity index (χ4v) is 2.52. The minimum absolute atomic E-state index is 0.134. The molecule has 1 aromatic heterocycles. The van der Waals surface area contributed by atoms with Gasteiger partial charge in [0.1, 0.15) is 5.82 Å². The molecule has 0 amide bonds. The van der Waals surface area contributed by atoms with E-state index in [0.717, 1.165) is 36.0 Å². The first-order valence-electron chi connectivity index (χ1n) is 9.21. The molecule has 6 heteroatoms. The first-order valence-corrected chi connectivity index (χ1v) is 9.21. The number of hydrogen-bond donors (Lipinski definition) is 3. The second kappa shape index (κ2) is 9.38. The van der Waals surface area contributed by atoms with Gasteiger partial charge < -0.3 is 20.3 Å². The minimum Gasteiger partial charge on any atom is -0.396 e. The molecule has 3 N–H and O–H groups in total. The molecule has 6 nitrogen and oxygen atoms in total. The van der Waals surface area contributed by atoms with E-state index < -0.39 is 0 Å². The molecule has 0 aliphatic carbocycles. The van der Waals surface area contributed by atoms with Crippen molar-refractivity contribution in [3.05, 3.63) is 42.4 Å². The van der Waals surface area contributed by atoms with E-state index in [2.05, 4.69) is 48.2 Å². The Morgan fingerprint density at radius 3 is 2.65 bits per heavy atom. The standard InChI is InChI=1S/C20H31N5O/c1-5-20(3,15-26)14-23-19(21-6-2)25(4)13-18-22-12-17(24-18)16-10-8-7-9-11-16/h7-12,26H,5-6,13-15H2,1-4H3,(H,21,23)(H,22,24). The molecule has 0 radical (unpaired) electrons. The highest BCUT2D eigenvalue weighted by molar-refractivity contribution is 5.79. The molecule has 0 saturated heterocycles. The van der Waals surface area contributed by atoms with E-state index in [-0.39, 0.29) is 12.0 Å². The average Bonchev–Trinajstić information content (AvgIpc) is 3.14. The molecule has 0 spiro atoms. The second-order valence-electron chi connectivity index (χ2n) is 6.96. The number of aliphatic hydroxyl groups is 1. The highest BCUT2D eigenvalue weighted by Crippen LogP contribution is 2.20. The summed E-state index contributed by atoms with van der Waals surface area (Å²) in [5, 5.41) is 12.9. The van der Waals surface area contributed by atoms with Crippen molar-refractivity contribution in [1.82, 2.24) is 20.2 Å². The van der Waals surface area contributed by atoms with Gasteiger partial charge in [-0.2, -0.15) is 0 Å². The Morgan fingerprint density at radius 1 is 1.31 bits per heavy atom. The third-order valence-electron chi connectivity index (χ3n) is 4.64. The van der Waals surface area contributed by atoms with E-state index >= 15 is 0 Å². The number of aromatic nitrogens is 2. The van der Waals surface area contributed by atoms with Crippen LogP contribution in [0.4, 0.5) is 0 Å². The molecule has 1 atom stereocenters. The summed E-state index contributed by atoms with van der Waals surface area (Å²) in [4.78, 5) is 14.6. The van der Waals surface area contributed by atoms with Gasteiger partial charge >= 0.3 is 0 Å². The zero-order valence-electron chi connectivity index (χ0n) is 16.3. The predicted octanol–water partition coefficient (Wildman–Crippen LogP) is 2.88. The summed E-state index contributed by atoms with van der Waals surface area (Å²) < 4.78 is 0. The Hall–Kier alpha value is -2.34. The molecule has 2 rings (SSSR count). The van der Waals surface area contributed by atoms with E-state index in [0.29, 0.717) is 13.1 Å². The normalized spacial score (nSPS) is 14.1. The number of aromatic amines is 1. The molecule has 2 aromatic rings. The van der Waals surface area contributed by atoms with Crippen LogP contribution in [0, 0.1) is 5.41 Å². The topological polar surface area (TPSA) is 76.5 Å². The van der Waals surface area contributed by atoms with Crippen molar-refractivity contribution in [2.75, 3.05) is 26.7 Å². The number of guanidine groups is 1. The molecule has 0 fully saturated rings. The van der Waals surface area contributed by atoms with Crippen LogP contribution in [0.25, 0.3) is 11.3 Å². The summed E-state index contributed by atoms with van der Waals surface area (Å²) in [5.41, 5.74) is 1.94. The van der Waals surface area contributed by atoms with Crippen molar-refractivity contribution >= 4 is 5.96 Å². The zero-order chi connectivity index (χ0) is 19.0. The smallest absolute Gasteiger partial charge is 0.194 e. The molecule has 1 heterocycles. The lowest BCUT2D eigenvalue weighted by Crippen LogP contribution is -2.39. The number of imidazole rings is 1. The molecular formula is C20H31N5O. The van der Waals surface area contributed by atoms with Gasteiger partial charge in [0.15, 0.2) is 5.96 Å². The van der Waals surface area contributed by atoms with Gasteiger partial charge in [-0.3, -0.25) is 4.99 Å². The van der Waals surface area contributed by atoms with Crippen molar-refractivity contribution in [2.45, 2.75) is 33.7 Å². The van der Waals surface area contributed by atoms with E-state index in [1.54, 1.807) is 0 Å². The summed E-state index contributed by atoms with van der Waals surface area (Å²) in [6, 6.07) is 10.2. The van der Waals surface area contributed by atoms with E-state index in [9.17, 15) is 5.11 Å². The number of rotatable bonds is 8. The van der Waals surface area contributed by atoms with Gasteiger partial charge in [0, 0.05) is 19.0 Å². The highest BCUT2D eigenvalue weighted by atomic mass is 16.3. The van der Waals surface area contributed by atoms with Gasteiger partial charge in [0.25, 0.3) is 0 Å². The third-order valence-corrected chi connectivity index (χ3v) is 4.64. The number of aliphatic hydroxyl groups excluding tert-OH is 1. The Labute approximate surface area is 156 Å². The molecule has 1 aromatic carbocycles. The van der Waals surface area contributed by atoms with Crippen LogP contribution in [-0.4, -0.2) is 52.7 Å². The van der Waals surface area contributed by atoms with Gasteiger partial charge in [0.2, 0.25) is 0 Å². The van der Waals surface area contributed by atoms with Crippen LogP contribution in [0.1, 0.15) is 33.0 Å². The average molecular weight is 358 g/mol. The number of aliphatic imine (C=N–C) groups is 1. The number of benzene rings is 1. The molecule has 0 aliphatic rings. The van der Waals surface area contributed by atoms with Crippen molar-refractivity contribution in [3.8, 4) is 11.3 Å². The van der Waals surface area contributed by atoms with Gasteiger partial charge in [0.05, 0.1) is 31.6 Å². The van der Waals surface area contributed by atoms with Crippen LogP contribution in [0.5, 0.6) is 0 Å². The molecule has 1 unspecified atom stereocenters. The molecule has 0 saturated carbocycles. The maximum atomic E-state index is 9.59. The van der Waals surface area contributed by atoms with Crippen LogP contribution in [0.2, 0.25) is 0 Å². The Morgan fingerprint density at radius 2 is 2.04 bits per heavy atom.